The van der Waals surface area contributed by atoms with Crippen LogP contribution in [0, 0.1) is 0 Å². The Morgan fingerprint density at radius 3 is 2.11 bits per heavy atom. The van der Waals surface area contributed by atoms with Crippen molar-refractivity contribution in [3.63, 3.8) is 0 Å². The molecule has 1 aromatic carbocycles. The van der Waals surface area contributed by atoms with Gasteiger partial charge in [0.05, 0.1) is 11.7 Å². The minimum absolute atomic E-state index is 0.386. The number of rotatable bonds is 6. The van der Waals surface area contributed by atoms with E-state index in [-0.39, 0.29) is 6.10 Å². The second-order valence-corrected chi connectivity index (χ2v) is 5.34. The van der Waals surface area contributed by atoms with Crippen LogP contribution in [0.3, 0.4) is 0 Å². The minimum atomic E-state index is -0.711. The van der Waals surface area contributed by atoms with Crippen LogP contribution in [0.25, 0.3) is 0 Å². The maximum absolute atomic E-state index is 9.88. The van der Waals surface area contributed by atoms with Gasteiger partial charge in [-0.05, 0) is 44.9 Å². The highest BCUT2D eigenvalue weighted by Crippen LogP contribution is 2.22. The van der Waals surface area contributed by atoms with Crippen molar-refractivity contribution in [2.45, 2.75) is 45.8 Å². The molecule has 0 saturated heterocycles. The summed E-state index contributed by atoms with van der Waals surface area (Å²) < 4.78 is 0. The number of nitrogens with zero attached hydrogens (tertiary/aromatic N) is 1. The van der Waals surface area contributed by atoms with Gasteiger partial charge in [-0.1, -0.05) is 19.1 Å². The molecule has 0 aromatic heterocycles. The van der Waals surface area contributed by atoms with Crippen molar-refractivity contribution in [1.29, 1.82) is 0 Å². The topological polar surface area (TPSA) is 43.7 Å². The van der Waals surface area contributed by atoms with E-state index in [1.807, 2.05) is 45.0 Å². The van der Waals surface area contributed by atoms with Crippen LogP contribution in [0.2, 0.25) is 0 Å². The monoisotopic (exact) mass is 251 g/mol. The molecule has 18 heavy (non-hydrogen) atoms. The lowest BCUT2D eigenvalue weighted by atomic mass is 10.1. The zero-order valence-electron chi connectivity index (χ0n) is 11.8. The van der Waals surface area contributed by atoms with Gasteiger partial charge >= 0.3 is 0 Å². The smallest absolute Gasteiger partial charge is 0.0787 e. The van der Waals surface area contributed by atoms with Crippen molar-refractivity contribution in [2.75, 3.05) is 18.0 Å². The number of hydrogen-bond acceptors (Lipinski definition) is 3. The number of likely N-dealkylation sites (N-methyl/N-ethyl adjacent to an activating group) is 1. The highest BCUT2D eigenvalue weighted by atomic mass is 16.3. The molecule has 3 heteroatoms. The molecule has 1 atom stereocenters. The van der Waals surface area contributed by atoms with Crippen LogP contribution in [0.1, 0.15) is 45.8 Å². The van der Waals surface area contributed by atoms with Crippen LogP contribution in [0.4, 0.5) is 5.69 Å². The standard InChI is InChI=1S/C15H25NO2/c1-5-14(17)12-7-9-13(10-8-12)16(6-2)11-15(3,4)18/h7-10,14,17-18H,5-6,11H2,1-4H3. The Bertz CT molecular complexity index is 354. The van der Waals surface area contributed by atoms with Gasteiger partial charge in [-0.3, -0.25) is 0 Å². The Hall–Kier alpha value is -1.06. The first kappa shape index (κ1) is 15.0. The largest absolute Gasteiger partial charge is 0.389 e. The number of benzene rings is 1. The van der Waals surface area contributed by atoms with Gasteiger partial charge in [-0.25, -0.2) is 0 Å². The SMILES string of the molecule is CCC(O)c1ccc(N(CC)CC(C)(C)O)cc1. The van der Waals surface area contributed by atoms with Gasteiger partial charge in [0.1, 0.15) is 0 Å². The van der Waals surface area contributed by atoms with Gasteiger partial charge in [-0.15, -0.1) is 0 Å². The molecule has 0 radical (unpaired) electrons. The lowest BCUT2D eigenvalue weighted by Crippen LogP contribution is -2.38. The maximum Gasteiger partial charge on any atom is 0.0787 e. The molecular weight excluding hydrogens is 226 g/mol. The lowest BCUT2D eigenvalue weighted by Gasteiger charge is -2.30. The molecule has 0 aliphatic heterocycles. The molecule has 1 rings (SSSR count). The van der Waals surface area contributed by atoms with Crippen molar-refractivity contribution in [1.82, 2.24) is 0 Å². The summed E-state index contributed by atoms with van der Waals surface area (Å²) in [7, 11) is 0. The number of aliphatic hydroxyl groups is 2. The Balaban J connectivity index is 2.82. The lowest BCUT2D eigenvalue weighted by molar-refractivity contribution is 0.0876. The summed E-state index contributed by atoms with van der Waals surface area (Å²) in [5, 5.41) is 19.6. The number of hydrogen-bond donors (Lipinski definition) is 2. The van der Waals surface area contributed by atoms with Crippen molar-refractivity contribution in [3.05, 3.63) is 29.8 Å². The molecular formula is C15H25NO2. The normalized spacial score (nSPS) is 13.4. The molecule has 0 heterocycles. The first-order valence-corrected chi connectivity index (χ1v) is 6.62. The third-order valence-corrected chi connectivity index (χ3v) is 2.99. The van der Waals surface area contributed by atoms with Crippen LogP contribution >= 0.6 is 0 Å². The van der Waals surface area contributed by atoms with Crippen molar-refractivity contribution < 1.29 is 10.2 Å². The Morgan fingerprint density at radius 1 is 1.17 bits per heavy atom. The van der Waals surface area contributed by atoms with Crippen LogP contribution in [-0.4, -0.2) is 28.9 Å². The second-order valence-electron chi connectivity index (χ2n) is 5.34. The van der Waals surface area contributed by atoms with Crippen molar-refractivity contribution >= 4 is 5.69 Å². The molecule has 0 spiro atoms. The van der Waals surface area contributed by atoms with E-state index < -0.39 is 5.60 Å². The Labute approximate surface area is 110 Å². The molecule has 0 fully saturated rings. The van der Waals surface area contributed by atoms with Gasteiger partial charge in [0.15, 0.2) is 0 Å². The summed E-state index contributed by atoms with van der Waals surface area (Å²) in [5.41, 5.74) is 1.31. The highest BCUT2D eigenvalue weighted by molar-refractivity contribution is 5.48. The molecule has 3 nitrogen and oxygen atoms in total. The summed E-state index contributed by atoms with van der Waals surface area (Å²) >= 11 is 0. The summed E-state index contributed by atoms with van der Waals surface area (Å²) in [6.45, 7) is 9.10. The van der Waals surface area contributed by atoms with E-state index in [0.29, 0.717) is 6.54 Å². The first-order valence-electron chi connectivity index (χ1n) is 6.62. The second kappa shape index (κ2) is 6.21. The maximum atomic E-state index is 9.88. The molecule has 0 bridgehead atoms. The highest BCUT2D eigenvalue weighted by Gasteiger charge is 2.17. The van der Waals surface area contributed by atoms with Gasteiger partial charge < -0.3 is 15.1 Å². The van der Waals surface area contributed by atoms with E-state index in [1.54, 1.807) is 0 Å². The Morgan fingerprint density at radius 2 is 1.72 bits per heavy atom. The predicted octanol–water partition coefficient (Wildman–Crippen LogP) is 2.73. The van der Waals surface area contributed by atoms with Crippen LogP contribution in [0.15, 0.2) is 24.3 Å². The molecule has 102 valence electrons. The number of aliphatic hydroxyl groups excluding tert-OH is 1. The first-order chi connectivity index (χ1) is 8.37. The third-order valence-electron chi connectivity index (χ3n) is 2.99. The van der Waals surface area contributed by atoms with E-state index in [9.17, 15) is 10.2 Å². The van der Waals surface area contributed by atoms with E-state index in [0.717, 1.165) is 24.2 Å². The average Bonchev–Trinajstić information content (AvgIpc) is 2.34. The molecule has 2 N–H and O–H groups in total. The zero-order valence-corrected chi connectivity index (χ0v) is 11.8. The quantitative estimate of drug-likeness (QED) is 0.817. The van der Waals surface area contributed by atoms with Gasteiger partial charge in [-0.2, -0.15) is 0 Å². The Kier molecular flexibility index (Phi) is 5.17. The average molecular weight is 251 g/mol. The molecule has 0 saturated carbocycles. The summed E-state index contributed by atoms with van der Waals surface area (Å²) in [6.07, 6.45) is 0.337. The molecule has 0 aliphatic carbocycles. The van der Waals surface area contributed by atoms with Crippen LogP contribution in [0.5, 0.6) is 0 Å². The number of anilines is 1. The minimum Gasteiger partial charge on any atom is -0.389 e. The third kappa shape index (κ3) is 4.31. The van der Waals surface area contributed by atoms with Crippen LogP contribution in [-0.2, 0) is 0 Å². The van der Waals surface area contributed by atoms with Crippen LogP contribution < -0.4 is 4.90 Å². The fourth-order valence-corrected chi connectivity index (χ4v) is 2.00. The predicted molar refractivity (Wildman–Crippen MR) is 75.9 cm³/mol. The van der Waals surface area contributed by atoms with Crippen molar-refractivity contribution in [2.24, 2.45) is 0 Å². The summed E-state index contributed by atoms with van der Waals surface area (Å²) in [6, 6.07) is 7.92. The molecule has 1 unspecified atom stereocenters. The summed E-state index contributed by atoms with van der Waals surface area (Å²) in [4.78, 5) is 2.13. The zero-order chi connectivity index (χ0) is 13.8. The summed E-state index contributed by atoms with van der Waals surface area (Å²) in [5.74, 6) is 0. The molecule has 0 aliphatic rings. The van der Waals surface area contributed by atoms with E-state index in [4.69, 9.17) is 0 Å². The van der Waals surface area contributed by atoms with Crippen molar-refractivity contribution in [3.8, 4) is 0 Å². The van der Waals surface area contributed by atoms with E-state index in [1.165, 1.54) is 0 Å². The van der Waals surface area contributed by atoms with Gasteiger partial charge in [0.2, 0.25) is 0 Å². The molecule has 1 aromatic rings. The molecule has 0 amide bonds. The fraction of sp³-hybridized carbons (Fsp3) is 0.600. The van der Waals surface area contributed by atoms with Gasteiger partial charge in [0.25, 0.3) is 0 Å². The fourth-order valence-electron chi connectivity index (χ4n) is 2.00. The van der Waals surface area contributed by atoms with Gasteiger partial charge in [0, 0.05) is 18.8 Å². The van der Waals surface area contributed by atoms with E-state index >= 15 is 0 Å². The van der Waals surface area contributed by atoms with E-state index in [2.05, 4.69) is 11.8 Å².